The Morgan fingerprint density at radius 2 is 1.92 bits per heavy atom. The van der Waals surface area contributed by atoms with Crippen molar-refractivity contribution < 1.29 is 17.9 Å². The van der Waals surface area contributed by atoms with E-state index in [0.717, 1.165) is 16.8 Å². The van der Waals surface area contributed by atoms with Crippen molar-refractivity contribution in [2.24, 2.45) is 0 Å². The summed E-state index contributed by atoms with van der Waals surface area (Å²) in [6.07, 6.45) is -1.25. The summed E-state index contributed by atoms with van der Waals surface area (Å²) in [5.41, 5.74) is -0.670. The van der Waals surface area contributed by atoms with Gasteiger partial charge in [-0.1, -0.05) is 18.2 Å². The van der Waals surface area contributed by atoms with Gasteiger partial charge in [-0.25, -0.2) is 4.98 Å². The first-order chi connectivity index (χ1) is 12.5. The zero-order valence-electron chi connectivity index (χ0n) is 14.1. The molecule has 1 aromatic carbocycles. The van der Waals surface area contributed by atoms with Crippen molar-refractivity contribution in [2.75, 3.05) is 13.6 Å². The summed E-state index contributed by atoms with van der Waals surface area (Å²) < 4.78 is 45.1. The molecule has 136 valence electrons. The summed E-state index contributed by atoms with van der Waals surface area (Å²) in [4.78, 5) is 7.86. The van der Waals surface area contributed by atoms with Crippen LogP contribution < -0.4 is 10.1 Å². The number of fused-ring (bicyclic) bond motifs is 1. The molecule has 1 unspecified atom stereocenters. The lowest BCUT2D eigenvalue weighted by atomic mass is 10.1. The molecule has 0 aliphatic carbocycles. The van der Waals surface area contributed by atoms with Gasteiger partial charge in [0.05, 0.1) is 5.69 Å². The van der Waals surface area contributed by atoms with Gasteiger partial charge in [-0.2, -0.15) is 13.2 Å². The average molecular weight is 361 g/mol. The highest BCUT2D eigenvalue weighted by atomic mass is 19.4. The van der Waals surface area contributed by atoms with E-state index in [1.807, 2.05) is 18.2 Å². The molecule has 3 aromatic rings. The number of nitrogens with one attached hydrogen (secondary N) is 1. The molecule has 7 heteroatoms. The quantitative estimate of drug-likeness (QED) is 0.708. The second-order valence-corrected chi connectivity index (χ2v) is 5.80. The van der Waals surface area contributed by atoms with Gasteiger partial charge < -0.3 is 10.1 Å². The Balaban J connectivity index is 1.96. The SMILES string of the molecule is CNCCC(Oc1cccc2cnccc12)c1cccc(C(F)(F)F)n1. The molecule has 0 saturated heterocycles. The van der Waals surface area contributed by atoms with E-state index in [0.29, 0.717) is 18.7 Å². The standard InChI is InChI=1S/C19H18F3N3O/c1-23-10-9-17(15-5-3-7-18(25-15)19(20,21)22)26-16-6-2-4-13-12-24-11-8-14(13)16/h2-8,11-12,17,23H,9-10H2,1H3. The largest absolute Gasteiger partial charge is 0.483 e. The van der Waals surface area contributed by atoms with Gasteiger partial charge >= 0.3 is 6.18 Å². The molecule has 0 amide bonds. The fourth-order valence-corrected chi connectivity index (χ4v) is 2.68. The van der Waals surface area contributed by atoms with Gasteiger partial charge in [-0.3, -0.25) is 4.98 Å². The van der Waals surface area contributed by atoms with Crippen LogP contribution >= 0.6 is 0 Å². The van der Waals surface area contributed by atoms with E-state index >= 15 is 0 Å². The zero-order valence-corrected chi connectivity index (χ0v) is 14.1. The summed E-state index contributed by atoms with van der Waals surface area (Å²) in [6.45, 7) is 0.578. The van der Waals surface area contributed by atoms with Crippen LogP contribution in [0.5, 0.6) is 5.75 Å². The molecule has 0 bridgehead atoms. The Bertz CT molecular complexity index is 878. The second-order valence-electron chi connectivity index (χ2n) is 5.80. The van der Waals surface area contributed by atoms with Crippen LogP contribution in [0.25, 0.3) is 10.8 Å². The van der Waals surface area contributed by atoms with E-state index in [2.05, 4.69) is 15.3 Å². The lowest BCUT2D eigenvalue weighted by Crippen LogP contribution is -2.19. The van der Waals surface area contributed by atoms with Gasteiger partial charge in [0.1, 0.15) is 17.5 Å². The van der Waals surface area contributed by atoms with Crippen LogP contribution in [-0.4, -0.2) is 23.6 Å². The van der Waals surface area contributed by atoms with E-state index in [1.54, 1.807) is 31.6 Å². The predicted octanol–water partition coefficient (Wildman–Crippen LogP) is 4.38. The van der Waals surface area contributed by atoms with Gasteiger partial charge in [0, 0.05) is 29.6 Å². The predicted molar refractivity (Wildman–Crippen MR) is 92.9 cm³/mol. The number of hydrogen-bond acceptors (Lipinski definition) is 4. The topological polar surface area (TPSA) is 47.0 Å². The van der Waals surface area contributed by atoms with Crippen LogP contribution in [-0.2, 0) is 6.18 Å². The minimum absolute atomic E-state index is 0.251. The third-order valence-corrected chi connectivity index (χ3v) is 3.96. The Labute approximate surface area is 149 Å². The Kier molecular flexibility index (Phi) is 5.37. The fraction of sp³-hybridized carbons (Fsp3) is 0.263. The molecule has 26 heavy (non-hydrogen) atoms. The number of hydrogen-bond donors (Lipinski definition) is 1. The minimum atomic E-state index is -4.49. The molecule has 0 fully saturated rings. The van der Waals surface area contributed by atoms with Gasteiger partial charge in [0.25, 0.3) is 0 Å². The van der Waals surface area contributed by atoms with Crippen molar-refractivity contribution in [1.29, 1.82) is 0 Å². The number of benzene rings is 1. The normalized spacial score (nSPS) is 12.9. The van der Waals surface area contributed by atoms with Crippen molar-refractivity contribution in [2.45, 2.75) is 18.7 Å². The molecule has 0 aliphatic heterocycles. The number of halogens is 3. The Morgan fingerprint density at radius 3 is 2.69 bits per heavy atom. The van der Waals surface area contributed by atoms with Crippen molar-refractivity contribution >= 4 is 10.8 Å². The molecule has 2 aromatic heterocycles. The highest BCUT2D eigenvalue weighted by Crippen LogP contribution is 2.32. The van der Waals surface area contributed by atoms with Gasteiger partial charge in [0.2, 0.25) is 0 Å². The summed E-state index contributed by atoms with van der Waals surface area (Å²) in [7, 11) is 1.78. The number of ether oxygens (including phenoxy) is 1. The van der Waals surface area contributed by atoms with E-state index in [1.165, 1.54) is 6.07 Å². The van der Waals surface area contributed by atoms with Crippen LogP contribution in [0.15, 0.2) is 54.9 Å². The minimum Gasteiger partial charge on any atom is -0.483 e. The molecule has 2 heterocycles. The van der Waals surface area contributed by atoms with E-state index in [9.17, 15) is 13.2 Å². The van der Waals surface area contributed by atoms with Crippen molar-refractivity contribution in [3.63, 3.8) is 0 Å². The maximum absolute atomic E-state index is 13.0. The van der Waals surface area contributed by atoms with Crippen LogP contribution in [0.3, 0.4) is 0 Å². The molecule has 3 rings (SSSR count). The van der Waals surface area contributed by atoms with E-state index in [-0.39, 0.29) is 5.69 Å². The Morgan fingerprint density at radius 1 is 1.12 bits per heavy atom. The van der Waals surface area contributed by atoms with E-state index < -0.39 is 18.0 Å². The van der Waals surface area contributed by atoms with Crippen LogP contribution in [0, 0.1) is 0 Å². The van der Waals surface area contributed by atoms with Crippen LogP contribution in [0.2, 0.25) is 0 Å². The van der Waals surface area contributed by atoms with Gasteiger partial charge in [-0.05, 0) is 37.9 Å². The summed E-state index contributed by atoms with van der Waals surface area (Å²) in [5, 5.41) is 4.74. The van der Waals surface area contributed by atoms with E-state index in [4.69, 9.17) is 4.74 Å². The van der Waals surface area contributed by atoms with Crippen LogP contribution in [0.1, 0.15) is 23.9 Å². The molecule has 4 nitrogen and oxygen atoms in total. The second kappa shape index (κ2) is 7.70. The van der Waals surface area contributed by atoms with Crippen molar-refractivity contribution in [3.8, 4) is 5.75 Å². The molecule has 1 N–H and O–H groups in total. The highest BCUT2D eigenvalue weighted by Gasteiger charge is 2.33. The third kappa shape index (κ3) is 4.11. The number of alkyl halides is 3. The number of rotatable bonds is 6. The monoisotopic (exact) mass is 361 g/mol. The summed E-state index contributed by atoms with van der Waals surface area (Å²) >= 11 is 0. The Hall–Kier alpha value is -2.67. The lowest BCUT2D eigenvalue weighted by molar-refractivity contribution is -0.141. The van der Waals surface area contributed by atoms with Crippen LogP contribution in [0.4, 0.5) is 13.2 Å². The molecule has 0 saturated carbocycles. The van der Waals surface area contributed by atoms with Gasteiger partial charge in [0.15, 0.2) is 0 Å². The number of pyridine rings is 2. The number of aromatic nitrogens is 2. The lowest BCUT2D eigenvalue weighted by Gasteiger charge is -2.20. The summed E-state index contributed by atoms with van der Waals surface area (Å²) in [5.74, 6) is 0.588. The maximum Gasteiger partial charge on any atom is 0.433 e. The molecule has 0 aliphatic rings. The molecular weight excluding hydrogens is 343 g/mol. The molecule has 0 radical (unpaired) electrons. The van der Waals surface area contributed by atoms with Gasteiger partial charge in [-0.15, -0.1) is 0 Å². The molecular formula is C19H18F3N3O. The first kappa shape index (κ1) is 18.1. The molecule has 0 spiro atoms. The first-order valence-corrected chi connectivity index (χ1v) is 8.17. The fourth-order valence-electron chi connectivity index (χ4n) is 2.68. The third-order valence-electron chi connectivity index (χ3n) is 3.96. The average Bonchev–Trinajstić information content (AvgIpc) is 2.64. The van der Waals surface area contributed by atoms with Crippen molar-refractivity contribution in [3.05, 3.63) is 66.2 Å². The zero-order chi connectivity index (χ0) is 18.6. The number of nitrogens with zero attached hydrogens (tertiary/aromatic N) is 2. The summed E-state index contributed by atoms with van der Waals surface area (Å²) in [6, 6.07) is 11.2. The maximum atomic E-state index is 13.0. The van der Waals surface area contributed by atoms with Crippen molar-refractivity contribution in [1.82, 2.24) is 15.3 Å². The molecule has 1 atom stereocenters. The smallest absolute Gasteiger partial charge is 0.433 e. The first-order valence-electron chi connectivity index (χ1n) is 8.17. The highest BCUT2D eigenvalue weighted by molar-refractivity contribution is 5.87.